The van der Waals surface area contributed by atoms with Gasteiger partial charge < -0.3 is 9.80 Å². The molecule has 1 heterocycles. The molecule has 28 heavy (non-hydrogen) atoms. The number of nitrogens with zero attached hydrogens (tertiary/aromatic N) is 2. The van der Waals surface area contributed by atoms with Crippen LogP contribution in [0.15, 0.2) is 53.4 Å². The van der Waals surface area contributed by atoms with E-state index in [2.05, 4.69) is 9.62 Å². The Hall–Kier alpha value is -2.16. The summed E-state index contributed by atoms with van der Waals surface area (Å²) in [6.45, 7) is 2.42. The van der Waals surface area contributed by atoms with Crippen molar-refractivity contribution in [2.24, 2.45) is 0 Å². The number of anilines is 1. The summed E-state index contributed by atoms with van der Waals surface area (Å²) in [7, 11) is -3.76. The highest BCUT2D eigenvalue weighted by Crippen LogP contribution is 2.26. The number of nitrogens with one attached hydrogen (secondary N) is 1. The highest BCUT2D eigenvalue weighted by molar-refractivity contribution is 7.89. The number of carbonyl (C=O) groups excluding carboxylic acids is 1. The highest BCUT2D eigenvalue weighted by atomic mass is 35.5. The maximum atomic E-state index is 12.9. The molecule has 3 rings (SSSR count). The zero-order chi connectivity index (χ0) is 20.1. The van der Waals surface area contributed by atoms with Gasteiger partial charge in [0.05, 0.1) is 15.6 Å². The van der Waals surface area contributed by atoms with E-state index in [1.807, 2.05) is 24.3 Å². The SMILES string of the molecule is O=C(CCNS(=O)(=O)c1ccc(F)cc1)N1CCN(c2ccccc2Cl)CC1. The lowest BCUT2D eigenvalue weighted by molar-refractivity contribution is -0.131. The number of para-hydroxylation sites is 1. The number of halogens is 2. The molecule has 2 aromatic carbocycles. The molecule has 9 heteroatoms. The minimum Gasteiger partial charge on any atom is -0.367 e. The maximum absolute atomic E-state index is 12.9. The topological polar surface area (TPSA) is 69.7 Å². The predicted molar refractivity (Wildman–Crippen MR) is 106 cm³/mol. The summed E-state index contributed by atoms with van der Waals surface area (Å²) in [4.78, 5) is 16.2. The minimum absolute atomic E-state index is 0.0106. The molecule has 0 saturated carbocycles. The molecule has 0 unspecified atom stereocenters. The van der Waals surface area contributed by atoms with Crippen LogP contribution in [0.1, 0.15) is 6.42 Å². The number of hydrogen-bond donors (Lipinski definition) is 1. The minimum atomic E-state index is -3.76. The molecule has 1 saturated heterocycles. The summed E-state index contributed by atoms with van der Waals surface area (Å²) in [6.07, 6.45) is 0.0620. The van der Waals surface area contributed by atoms with E-state index >= 15 is 0 Å². The third kappa shape index (κ3) is 5.01. The van der Waals surface area contributed by atoms with E-state index in [1.165, 1.54) is 12.1 Å². The first-order valence-electron chi connectivity index (χ1n) is 8.89. The summed E-state index contributed by atoms with van der Waals surface area (Å²) in [5, 5.41) is 0.678. The Balaban J connectivity index is 1.47. The molecule has 0 radical (unpaired) electrons. The van der Waals surface area contributed by atoms with E-state index in [9.17, 15) is 17.6 Å². The molecule has 0 aromatic heterocycles. The lowest BCUT2D eigenvalue weighted by Gasteiger charge is -2.36. The van der Waals surface area contributed by atoms with E-state index in [0.29, 0.717) is 31.2 Å². The van der Waals surface area contributed by atoms with E-state index in [1.54, 1.807) is 4.90 Å². The van der Waals surface area contributed by atoms with Gasteiger partial charge >= 0.3 is 0 Å². The number of benzene rings is 2. The van der Waals surface area contributed by atoms with Crippen molar-refractivity contribution in [2.45, 2.75) is 11.3 Å². The van der Waals surface area contributed by atoms with Crippen molar-refractivity contribution in [2.75, 3.05) is 37.6 Å². The fourth-order valence-electron chi connectivity index (χ4n) is 3.05. The molecule has 1 amide bonds. The Bertz CT molecular complexity index is 930. The molecule has 0 spiro atoms. The van der Waals surface area contributed by atoms with Gasteiger partial charge in [-0.15, -0.1) is 0 Å². The molecule has 1 fully saturated rings. The maximum Gasteiger partial charge on any atom is 0.240 e. The van der Waals surface area contributed by atoms with Gasteiger partial charge in [-0.05, 0) is 36.4 Å². The number of rotatable bonds is 6. The van der Waals surface area contributed by atoms with Crippen LogP contribution in [0.4, 0.5) is 10.1 Å². The smallest absolute Gasteiger partial charge is 0.240 e. The van der Waals surface area contributed by atoms with Crippen LogP contribution < -0.4 is 9.62 Å². The first kappa shape index (κ1) is 20.6. The third-order valence-corrected chi connectivity index (χ3v) is 6.38. The Labute approximate surface area is 168 Å². The summed E-state index contributed by atoms with van der Waals surface area (Å²) >= 11 is 6.22. The molecule has 0 aliphatic carbocycles. The average Bonchev–Trinajstić information content (AvgIpc) is 2.68. The molecule has 1 N–H and O–H groups in total. The van der Waals surface area contributed by atoms with Gasteiger partial charge in [-0.25, -0.2) is 17.5 Å². The van der Waals surface area contributed by atoms with Crippen molar-refractivity contribution >= 4 is 33.2 Å². The van der Waals surface area contributed by atoms with Gasteiger partial charge in [0.1, 0.15) is 5.82 Å². The zero-order valence-corrected chi connectivity index (χ0v) is 16.7. The van der Waals surface area contributed by atoms with E-state index in [0.717, 1.165) is 17.8 Å². The van der Waals surface area contributed by atoms with E-state index in [-0.39, 0.29) is 23.8 Å². The summed E-state index contributed by atoms with van der Waals surface area (Å²) in [5.74, 6) is -0.620. The van der Waals surface area contributed by atoms with Gasteiger partial charge in [0.15, 0.2) is 0 Å². The summed E-state index contributed by atoms with van der Waals surface area (Å²) in [5.41, 5.74) is 0.948. The Kier molecular flexibility index (Phi) is 6.53. The lowest BCUT2D eigenvalue weighted by Crippen LogP contribution is -2.49. The van der Waals surface area contributed by atoms with Crippen LogP contribution in [0.5, 0.6) is 0 Å². The number of hydrogen-bond acceptors (Lipinski definition) is 4. The van der Waals surface area contributed by atoms with Crippen LogP contribution >= 0.6 is 11.6 Å². The van der Waals surface area contributed by atoms with Crippen LogP contribution in [0.2, 0.25) is 5.02 Å². The van der Waals surface area contributed by atoms with Crippen molar-refractivity contribution in [3.05, 3.63) is 59.4 Å². The zero-order valence-electron chi connectivity index (χ0n) is 15.1. The van der Waals surface area contributed by atoms with Gasteiger partial charge in [-0.2, -0.15) is 0 Å². The fourth-order valence-corrected chi connectivity index (χ4v) is 4.34. The molecule has 1 aliphatic heterocycles. The van der Waals surface area contributed by atoms with E-state index < -0.39 is 15.8 Å². The Morgan fingerprint density at radius 3 is 2.32 bits per heavy atom. The average molecular weight is 426 g/mol. The fraction of sp³-hybridized carbons (Fsp3) is 0.316. The number of carbonyl (C=O) groups is 1. The molecule has 150 valence electrons. The van der Waals surface area contributed by atoms with Crippen LogP contribution in [0.25, 0.3) is 0 Å². The van der Waals surface area contributed by atoms with Gasteiger partial charge in [0, 0.05) is 39.1 Å². The summed E-state index contributed by atoms with van der Waals surface area (Å²) in [6, 6.07) is 12.1. The van der Waals surface area contributed by atoms with Crippen LogP contribution in [-0.2, 0) is 14.8 Å². The Morgan fingerprint density at radius 2 is 1.68 bits per heavy atom. The molecule has 2 aromatic rings. The number of piperazine rings is 1. The molecular weight excluding hydrogens is 405 g/mol. The lowest BCUT2D eigenvalue weighted by atomic mass is 10.2. The van der Waals surface area contributed by atoms with Gasteiger partial charge in [-0.1, -0.05) is 23.7 Å². The van der Waals surface area contributed by atoms with Crippen LogP contribution in [0.3, 0.4) is 0 Å². The first-order chi connectivity index (χ1) is 13.4. The second kappa shape index (κ2) is 8.89. The van der Waals surface area contributed by atoms with Crippen molar-refractivity contribution in [3.8, 4) is 0 Å². The largest absolute Gasteiger partial charge is 0.367 e. The van der Waals surface area contributed by atoms with Gasteiger partial charge in [0.25, 0.3) is 0 Å². The number of amides is 1. The molecular formula is C19H21ClFN3O3S. The van der Waals surface area contributed by atoms with Crippen molar-refractivity contribution < 1.29 is 17.6 Å². The van der Waals surface area contributed by atoms with Crippen molar-refractivity contribution in [1.29, 1.82) is 0 Å². The highest BCUT2D eigenvalue weighted by Gasteiger charge is 2.22. The van der Waals surface area contributed by atoms with Crippen molar-refractivity contribution in [1.82, 2.24) is 9.62 Å². The quantitative estimate of drug-likeness (QED) is 0.772. The van der Waals surface area contributed by atoms with E-state index in [4.69, 9.17) is 11.6 Å². The molecule has 6 nitrogen and oxygen atoms in total. The van der Waals surface area contributed by atoms with Gasteiger partial charge in [-0.3, -0.25) is 4.79 Å². The van der Waals surface area contributed by atoms with Gasteiger partial charge in [0.2, 0.25) is 15.9 Å². The first-order valence-corrected chi connectivity index (χ1v) is 10.8. The third-order valence-electron chi connectivity index (χ3n) is 4.58. The summed E-state index contributed by atoms with van der Waals surface area (Å²) < 4.78 is 39.6. The van der Waals surface area contributed by atoms with Crippen LogP contribution in [0, 0.1) is 5.82 Å². The number of sulfonamides is 1. The second-order valence-electron chi connectivity index (χ2n) is 6.42. The van der Waals surface area contributed by atoms with Crippen LogP contribution in [-0.4, -0.2) is 51.9 Å². The second-order valence-corrected chi connectivity index (χ2v) is 8.60. The van der Waals surface area contributed by atoms with Crippen molar-refractivity contribution in [3.63, 3.8) is 0 Å². The molecule has 1 aliphatic rings. The molecule has 0 bridgehead atoms. The monoisotopic (exact) mass is 425 g/mol. The molecule has 0 atom stereocenters. The standard InChI is InChI=1S/C19H21ClFN3O3S/c20-17-3-1-2-4-18(17)23-11-13-24(14-12-23)19(25)9-10-22-28(26,27)16-7-5-15(21)6-8-16/h1-8,22H,9-14H2. The normalized spacial score (nSPS) is 14.9. The Morgan fingerprint density at radius 1 is 1.04 bits per heavy atom. The predicted octanol–water partition coefficient (Wildman–Crippen LogP) is 2.50.